The van der Waals surface area contributed by atoms with E-state index in [1.54, 1.807) is 18.2 Å². The van der Waals surface area contributed by atoms with E-state index >= 15 is 0 Å². The van der Waals surface area contributed by atoms with Crippen molar-refractivity contribution in [3.8, 4) is 0 Å². The Morgan fingerprint density at radius 1 is 1.05 bits per heavy atom. The lowest BCUT2D eigenvalue weighted by atomic mass is 9.92. The molecule has 2 aromatic carbocycles. The monoisotopic (exact) mass is 281 g/mol. The van der Waals surface area contributed by atoms with E-state index in [1.807, 2.05) is 12.1 Å². The minimum absolute atomic E-state index is 0.0615. The van der Waals surface area contributed by atoms with Crippen LogP contribution in [0.2, 0.25) is 5.02 Å². The third kappa shape index (κ3) is 3.31. The van der Waals surface area contributed by atoms with Crippen molar-refractivity contribution in [3.63, 3.8) is 0 Å². The molecule has 0 heterocycles. The molecule has 0 aliphatic heterocycles. The molecule has 0 fully saturated rings. The van der Waals surface area contributed by atoms with Crippen LogP contribution in [-0.4, -0.2) is 6.54 Å². The van der Waals surface area contributed by atoms with E-state index in [1.165, 1.54) is 6.07 Å². The molecular weight excluding hydrogens is 268 g/mol. The molecule has 100 valence electrons. The van der Waals surface area contributed by atoms with Crippen LogP contribution in [-0.2, 0) is 6.42 Å². The van der Waals surface area contributed by atoms with Crippen LogP contribution in [0.25, 0.3) is 0 Å². The first-order valence-corrected chi connectivity index (χ1v) is 6.38. The van der Waals surface area contributed by atoms with Crippen LogP contribution in [0, 0.1) is 11.6 Å². The van der Waals surface area contributed by atoms with E-state index < -0.39 is 11.6 Å². The van der Waals surface area contributed by atoms with Gasteiger partial charge >= 0.3 is 0 Å². The molecular formula is C15H14ClF2N. The summed E-state index contributed by atoms with van der Waals surface area (Å²) in [5, 5.41) is 0.636. The minimum Gasteiger partial charge on any atom is -0.330 e. The van der Waals surface area contributed by atoms with Crippen molar-refractivity contribution in [1.82, 2.24) is 0 Å². The predicted octanol–water partition coefficient (Wildman–Crippen LogP) is 3.90. The van der Waals surface area contributed by atoms with Gasteiger partial charge in [-0.3, -0.25) is 0 Å². The van der Waals surface area contributed by atoms with Gasteiger partial charge < -0.3 is 5.73 Å². The van der Waals surface area contributed by atoms with Gasteiger partial charge in [-0.05, 0) is 42.3 Å². The minimum atomic E-state index is -0.829. The first-order valence-electron chi connectivity index (χ1n) is 6.00. The fourth-order valence-corrected chi connectivity index (χ4v) is 2.17. The summed E-state index contributed by atoms with van der Waals surface area (Å²) in [6.45, 7) is 0.359. The number of rotatable bonds is 4. The third-order valence-electron chi connectivity index (χ3n) is 3.12. The topological polar surface area (TPSA) is 26.0 Å². The van der Waals surface area contributed by atoms with Crippen molar-refractivity contribution in [2.45, 2.75) is 12.3 Å². The Balaban J connectivity index is 2.24. The maximum Gasteiger partial charge on any atom is 0.162 e. The van der Waals surface area contributed by atoms with E-state index in [4.69, 9.17) is 17.3 Å². The highest BCUT2D eigenvalue weighted by molar-refractivity contribution is 6.30. The molecule has 1 atom stereocenters. The van der Waals surface area contributed by atoms with Crippen LogP contribution in [0.15, 0.2) is 42.5 Å². The van der Waals surface area contributed by atoms with Crippen molar-refractivity contribution >= 4 is 11.6 Å². The summed E-state index contributed by atoms with van der Waals surface area (Å²) in [6, 6.07) is 11.4. The highest BCUT2D eigenvalue weighted by Crippen LogP contribution is 2.23. The lowest BCUT2D eigenvalue weighted by Gasteiger charge is -2.16. The average Bonchev–Trinajstić information content (AvgIpc) is 2.42. The van der Waals surface area contributed by atoms with Crippen LogP contribution < -0.4 is 5.73 Å². The zero-order chi connectivity index (χ0) is 13.8. The summed E-state index contributed by atoms with van der Waals surface area (Å²) in [5.41, 5.74) is 7.04. The molecule has 0 bridgehead atoms. The first-order chi connectivity index (χ1) is 9.11. The van der Waals surface area contributed by atoms with Crippen LogP contribution in [0.4, 0.5) is 8.78 Å². The quantitative estimate of drug-likeness (QED) is 0.904. The molecule has 2 N–H and O–H groups in total. The maximum absolute atomic E-state index is 13.6. The smallest absolute Gasteiger partial charge is 0.162 e. The Morgan fingerprint density at radius 2 is 1.74 bits per heavy atom. The lowest BCUT2D eigenvalue weighted by molar-refractivity contribution is 0.493. The normalized spacial score (nSPS) is 12.4. The molecule has 0 aliphatic rings. The second-order valence-electron chi connectivity index (χ2n) is 4.40. The van der Waals surface area contributed by atoms with Crippen molar-refractivity contribution < 1.29 is 8.78 Å². The zero-order valence-corrected chi connectivity index (χ0v) is 11.0. The molecule has 0 aromatic heterocycles. The van der Waals surface area contributed by atoms with E-state index in [9.17, 15) is 8.78 Å². The molecule has 0 radical (unpaired) electrons. The van der Waals surface area contributed by atoms with E-state index in [0.29, 0.717) is 23.6 Å². The number of halogens is 3. The van der Waals surface area contributed by atoms with Crippen molar-refractivity contribution in [2.75, 3.05) is 6.54 Å². The van der Waals surface area contributed by atoms with Gasteiger partial charge in [0.15, 0.2) is 11.6 Å². The fourth-order valence-electron chi connectivity index (χ4n) is 2.04. The lowest BCUT2D eigenvalue weighted by Crippen LogP contribution is -2.16. The van der Waals surface area contributed by atoms with Gasteiger partial charge in [0.25, 0.3) is 0 Å². The van der Waals surface area contributed by atoms with Gasteiger partial charge in [0.1, 0.15) is 0 Å². The third-order valence-corrected chi connectivity index (χ3v) is 3.38. The Labute approximate surface area is 116 Å². The molecule has 4 heteroatoms. The van der Waals surface area contributed by atoms with Crippen molar-refractivity contribution in [1.29, 1.82) is 0 Å². The summed E-state index contributed by atoms with van der Waals surface area (Å²) in [4.78, 5) is 0. The predicted molar refractivity (Wildman–Crippen MR) is 73.3 cm³/mol. The molecule has 1 unspecified atom stereocenters. The summed E-state index contributed by atoms with van der Waals surface area (Å²) < 4.78 is 26.8. The Bertz CT molecular complexity index is 555. The molecule has 0 amide bonds. The SMILES string of the molecule is NCC(Cc1cccc(F)c1F)c1ccc(Cl)cc1. The van der Waals surface area contributed by atoms with Gasteiger partial charge in [-0.15, -0.1) is 0 Å². The summed E-state index contributed by atoms with van der Waals surface area (Å²) >= 11 is 5.82. The van der Waals surface area contributed by atoms with Crippen molar-refractivity contribution in [3.05, 3.63) is 70.2 Å². The largest absolute Gasteiger partial charge is 0.330 e. The number of benzene rings is 2. The fraction of sp³-hybridized carbons (Fsp3) is 0.200. The Hall–Kier alpha value is -1.45. The highest BCUT2D eigenvalue weighted by atomic mass is 35.5. The molecule has 2 aromatic rings. The molecule has 19 heavy (non-hydrogen) atoms. The van der Waals surface area contributed by atoms with Crippen LogP contribution in [0.5, 0.6) is 0 Å². The molecule has 2 rings (SSSR count). The maximum atomic E-state index is 13.6. The van der Waals surface area contributed by atoms with Gasteiger partial charge in [-0.1, -0.05) is 35.9 Å². The van der Waals surface area contributed by atoms with Gasteiger partial charge in [-0.2, -0.15) is 0 Å². The van der Waals surface area contributed by atoms with Gasteiger partial charge in [0, 0.05) is 10.9 Å². The first kappa shape index (κ1) is 14.0. The summed E-state index contributed by atoms with van der Waals surface area (Å²) in [5.74, 6) is -1.69. The van der Waals surface area contributed by atoms with Crippen LogP contribution in [0.3, 0.4) is 0 Å². The average molecular weight is 282 g/mol. The van der Waals surface area contributed by atoms with Gasteiger partial charge in [-0.25, -0.2) is 8.78 Å². The van der Waals surface area contributed by atoms with Gasteiger partial charge in [0.05, 0.1) is 0 Å². The van der Waals surface area contributed by atoms with Gasteiger partial charge in [0.2, 0.25) is 0 Å². The molecule has 1 nitrogen and oxygen atoms in total. The second-order valence-corrected chi connectivity index (χ2v) is 4.84. The molecule has 0 aliphatic carbocycles. The molecule has 0 spiro atoms. The number of hydrogen-bond acceptors (Lipinski definition) is 1. The Kier molecular flexibility index (Phi) is 4.51. The van der Waals surface area contributed by atoms with E-state index in [-0.39, 0.29) is 5.92 Å². The second kappa shape index (κ2) is 6.13. The van der Waals surface area contributed by atoms with E-state index in [0.717, 1.165) is 11.6 Å². The summed E-state index contributed by atoms with van der Waals surface area (Å²) in [6.07, 6.45) is 0.363. The number of nitrogens with two attached hydrogens (primary N) is 1. The van der Waals surface area contributed by atoms with Crippen LogP contribution >= 0.6 is 11.6 Å². The van der Waals surface area contributed by atoms with E-state index in [2.05, 4.69) is 0 Å². The molecule has 0 saturated heterocycles. The van der Waals surface area contributed by atoms with Crippen LogP contribution in [0.1, 0.15) is 17.0 Å². The van der Waals surface area contributed by atoms with Crippen molar-refractivity contribution in [2.24, 2.45) is 5.73 Å². The number of hydrogen-bond donors (Lipinski definition) is 1. The standard InChI is InChI=1S/C15H14ClF2N/c16-13-6-4-10(5-7-13)12(9-19)8-11-2-1-3-14(17)15(11)18/h1-7,12H,8-9,19H2. The Morgan fingerprint density at radius 3 is 2.37 bits per heavy atom. The highest BCUT2D eigenvalue weighted by Gasteiger charge is 2.15. The molecule has 0 saturated carbocycles. The zero-order valence-electron chi connectivity index (χ0n) is 10.2. The summed E-state index contributed by atoms with van der Waals surface area (Å²) in [7, 11) is 0.